The van der Waals surface area contributed by atoms with Crippen molar-refractivity contribution in [1.29, 1.82) is 0 Å². The number of aromatic amines is 1. The highest BCUT2D eigenvalue weighted by atomic mass is 32.2. The van der Waals surface area contributed by atoms with Crippen LogP contribution in [-0.4, -0.2) is 46.6 Å². The zero-order valence-electron chi connectivity index (χ0n) is 22.4. The minimum Gasteiger partial charge on any atom is -0.349 e. The van der Waals surface area contributed by atoms with Crippen molar-refractivity contribution >= 4 is 32.4 Å². The third-order valence-electron chi connectivity index (χ3n) is 7.25. The summed E-state index contributed by atoms with van der Waals surface area (Å²) >= 11 is 1.74. The number of benzene rings is 1. The molecule has 1 aromatic carbocycles. The molecule has 208 valence electrons. The fraction of sp³-hybridized carbons (Fsp3) is 0.429. The Morgan fingerprint density at radius 3 is 2.33 bits per heavy atom. The number of rotatable bonds is 10. The maximum Gasteiger partial charge on any atom is 0.331 e. The summed E-state index contributed by atoms with van der Waals surface area (Å²) in [6.45, 7) is 7.41. The van der Waals surface area contributed by atoms with Gasteiger partial charge in [-0.1, -0.05) is 32.0 Å². The molecule has 0 saturated carbocycles. The lowest BCUT2D eigenvalue weighted by Crippen LogP contribution is -2.44. The fourth-order valence-corrected chi connectivity index (χ4v) is 7.29. The van der Waals surface area contributed by atoms with E-state index in [0.29, 0.717) is 36.2 Å². The quantitative estimate of drug-likeness (QED) is 0.300. The lowest BCUT2D eigenvalue weighted by atomic mass is 10.1. The number of piperidine rings is 1. The highest BCUT2D eigenvalue weighted by Crippen LogP contribution is 2.25. The Hall–Kier alpha value is -2.99. The molecule has 4 heterocycles. The van der Waals surface area contributed by atoms with Gasteiger partial charge in [0.15, 0.2) is 0 Å². The molecule has 9 nitrogen and oxygen atoms in total. The molecule has 11 heteroatoms. The molecule has 3 aromatic heterocycles. The van der Waals surface area contributed by atoms with Crippen molar-refractivity contribution in [2.24, 2.45) is 0 Å². The first kappa shape index (κ1) is 27.6. The number of likely N-dealkylation sites (tertiary alicyclic amines) is 1. The maximum absolute atomic E-state index is 13.1. The summed E-state index contributed by atoms with van der Waals surface area (Å²) < 4.78 is 32.0. The van der Waals surface area contributed by atoms with E-state index in [0.717, 1.165) is 44.5 Å². The topological polar surface area (TPSA) is 109 Å². The second-order valence-electron chi connectivity index (χ2n) is 10.1. The van der Waals surface area contributed by atoms with Crippen LogP contribution < -0.4 is 16.0 Å². The molecular weight excluding hydrogens is 534 g/mol. The third-order valence-corrected chi connectivity index (χ3v) is 9.65. The predicted molar refractivity (Wildman–Crippen MR) is 156 cm³/mol. The van der Waals surface area contributed by atoms with Gasteiger partial charge in [0.05, 0.1) is 10.4 Å². The van der Waals surface area contributed by atoms with Crippen LogP contribution in [-0.2, 0) is 29.7 Å². The molecule has 1 saturated heterocycles. The smallest absolute Gasteiger partial charge is 0.331 e. The van der Waals surface area contributed by atoms with Crippen molar-refractivity contribution in [3.05, 3.63) is 73.6 Å². The van der Waals surface area contributed by atoms with Crippen molar-refractivity contribution in [1.82, 2.24) is 23.7 Å². The SMILES string of the molecule is CCCn1c(=O)c2[nH]c(-c3ccc(S(=O)(=O)NC4CCN(Cc5cccs5)CC4)cc3)cc2n(CCC)c1=O. The van der Waals surface area contributed by atoms with Gasteiger partial charge in [-0.2, -0.15) is 0 Å². The number of nitrogens with zero attached hydrogens (tertiary/aromatic N) is 3. The predicted octanol–water partition coefficient (Wildman–Crippen LogP) is 3.98. The lowest BCUT2D eigenvalue weighted by Gasteiger charge is -2.31. The van der Waals surface area contributed by atoms with Gasteiger partial charge in [0.2, 0.25) is 10.0 Å². The van der Waals surface area contributed by atoms with Gasteiger partial charge in [-0.25, -0.2) is 17.9 Å². The van der Waals surface area contributed by atoms with Gasteiger partial charge < -0.3 is 4.98 Å². The number of aromatic nitrogens is 3. The molecule has 0 spiro atoms. The average Bonchev–Trinajstić information content (AvgIpc) is 3.61. The molecular formula is C28H35N5O4S2. The number of nitrogens with one attached hydrogen (secondary N) is 2. The highest BCUT2D eigenvalue weighted by Gasteiger charge is 2.25. The first-order chi connectivity index (χ1) is 18.8. The molecule has 5 rings (SSSR count). The first-order valence-electron chi connectivity index (χ1n) is 13.5. The van der Waals surface area contributed by atoms with Gasteiger partial charge in [-0.05, 0) is 60.9 Å². The number of fused-ring (bicyclic) bond motifs is 1. The molecule has 1 fully saturated rings. The fourth-order valence-electron chi connectivity index (χ4n) is 5.24. The summed E-state index contributed by atoms with van der Waals surface area (Å²) in [5.41, 5.74) is 1.72. The highest BCUT2D eigenvalue weighted by molar-refractivity contribution is 7.89. The number of sulfonamides is 1. The van der Waals surface area contributed by atoms with Gasteiger partial charge in [-0.15, -0.1) is 11.3 Å². The second kappa shape index (κ2) is 11.6. The van der Waals surface area contributed by atoms with Crippen molar-refractivity contribution in [3.8, 4) is 11.3 Å². The second-order valence-corrected chi connectivity index (χ2v) is 12.9. The summed E-state index contributed by atoms with van der Waals surface area (Å²) in [4.78, 5) is 33.1. The summed E-state index contributed by atoms with van der Waals surface area (Å²) in [5, 5.41) is 2.08. The zero-order valence-corrected chi connectivity index (χ0v) is 24.0. The monoisotopic (exact) mass is 569 g/mol. The minimum atomic E-state index is -3.66. The van der Waals surface area contributed by atoms with E-state index >= 15 is 0 Å². The number of hydrogen-bond donors (Lipinski definition) is 2. The molecule has 0 atom stereocenters. The van der Waals surface area contributed by atoms with E-state index in [-0.39, 0.29) is 22.2 Å². The van der Waals surface area contributed by atoms with Crippen LogP contribution in [0.3, 0.4) is 0 Å². The van der Waals surface area contributed by atoms with Crippen LogP contribution >= 0.6 is 11.3 Å². The van der Waals surface area contributed by atoms with Crippen molar-refractivity contribution in [2.45, 2.75) is 70.1 Å². The molecule has 1 aliphatic heterocycles. The van der Waals surface area contributed by atoms with Gasteiger partial charge in [0, 0.05) is 49.3 Å². The van der Waals surface area contributed by atoms with Crippen LogP contribution in [0.25, 0.3) is 22.3 Å². The molecule has 2 N–H and O–H groups in total. The molecule has 0 amide bonds. The van der Waals surface area contributed by atoms with E-state index in [4.69, 9.17) is 0 Å². The van der Waals surface area contributed by atoms with E-state index in [1.807, 2.05) is 13.8 Å². The summed E-state index contributed by atoms with van der Waals surface area (Å²) in [7, 11) is -3.66. The summed E-state index contributed by atoms with van der Waals surface area (Å²) in [6.07, 6.45) is 2.98. The summed E-state index contributed by atoms with van der Waals surface area (Å²) in [5.74, 6) is 0. The van der Waals surface area contributed by atoms with Crippen LogP contribution in [0.15, 0.2) is 62.3 Å². The first-order valence-corrected chi connectivity index (χ1v) is 15.9. The number of hydrogen-bond acceptors (Lipinski definition) is 6. The van der Waals surface area contributed by atoms with Crippen molar-refractivity contribution in [3.63, 3.8) is 0 Å². The van der Waals surface area contributed by atoms with Gasteiger partial charge in [0.1, 0.15) is 5.52 Å². The van der Waals surface area contributed by atoms with E-state index in [1.165, 1.54) is 9.44 Å². The van der Waals surface area contributed by atoms with Crippen LogP contribution in [0.1, 0.15) is 44.4 Å². The standard InChI is InChI=1S/C28H35N5O4S2/c1-3-13-32-25-18-24(29-26(25)27(34)33(14-4-2)28(32)35)20-7-9-23(10-8-20)39(36,37)30-21-11-15-31(16-12-21)19-22-6-5-17-38-22/h5-10,17-18,21,29-30H,3-4,11-16,19H2,1-2H3. The molecule has 0 unspecified atom stereocenters. The van der Waals surface area contributed by atoms with Gasteiger partial charge >= 0.3 is 5.69 Å². The molecule has 0 radical (unpaired) electrons. The Morgan fingerprint density at radius 2 is 1.69 bits per heavy atom. The Morgan fingerprint density at radius 1 is 1.00 bits per heavy atom. The van der Waals surface area contributed by atoms with Gasteiger partial charge in [0.25, 0.3) is 5.56 Å². The molecule has 4 aromatic rings. The van der Waals surface area contributed by atoms with Crippen LogP contribution in [0, 0.1) is 0 Å². The van der Waals surface area contributed by atoms with E-state index < -0.39 is 10.0 Å². The van der Waals surface area contributed by atoms with Crippen LogP contribution in [0.2, 0.25) is 0 Å². The normalized spacial score (nSPS) is 15.3. The average molecular weight is 570 g/mol. The summed E-state index contributed by atoms with van der Waals surface area (Å²) in [6, 6.07) is 12.5. The van der Waals surface area contributed by atoms with E-state index in [2.05, 4.69) is 32.1 Å². The molecule has 39 heavy (non-hydrogen) atoms. The van der Waals surface area contributed by atoms with Crippen molar-refractivity contribution < 1.29 is 8.42 Å². The lowest BCUT2D eigenvalue weighted by molar-refractivity contribution is 0.201. The van der Waals surface area contributed by atoms with Crippen molar-refractivity contribution in [2.75, 3.05) is 13.1 Å². The molecule has 1 aliphatic rings. The van der Waals surface area contributed by atoms with E-state index in [9.17, 15) is 18.0 Å². The van der Waals surface area contributed by atoms with Crippen LogP contribution in [0.5, 0.6) is 0 Å². The Labute approximate surface area is 232 Å². The number of aryl methyl sites for hydroxylation is 1. The largest absolute Gasteiger partial charge is 0.349 e. The molecule has 0 bridgehead atoms. The number of thiophene rings is 1. The van der Waals surface area contributed by atoms with Gasteiger partial charge in [-0.3, -0.25) is 18.8 Å². The Balaban J connectivity index is 1.32. The minimum absolute atomic E-state index is 0.0939. The maximum atomic E-state index is 13.1. The number of H-pyrrole nitrogens is 1. The Kier molecular flexibility index (Phi) is 8.22. The zero-order chi connectivity index (χ0) is 27.6. The Bertz CT molecular complexity index is 1640. The third kappa shape index (κ3) is 5.81. The van der Waals surface area contributed by atoms with E-state index in [1.54, 1.807) is 46.2 Å². The molecule has 0 aliphatic carbocycles. The van der Waals surface area contributed by atoms with Crippen LogP contribution in [0.4, 0.5) is 0 Å².